The monoisotopic (exact) mass is 513 g/mol. The van der Waals surface area contributed by atoms with Gasteiger partial charge in [0.2, 0.25) is 5.91 Å². The number of rotatable bonds is 8. The van der Waals surface area contributed by atoms with Crippen LogP contribution in [0, 0.1) is 5.82 Å². The molecule has 2 aromatic carbocycles. The SMILES string of the molecule is CNC(=O)CN1CCn2nc(-c3ccncc3)c(-c3ccc(OCc4ccc(C(C)C)cc4)cc3F)c2C1. The second kappa shape index (κ2) is 11.1. The molecule has 0 unspecified atom stereocenters. The van der Waals surface area contributed by atoms with Crippen LogP contribution in [0.3, 0.4) is 0 Å². The molecular formula is C30H32FN5O2. The Balaban J connectivity index is 1.44. The summed E-state index contributed by atoms with van der Waals surface area (Å²) >= 11 is 0. The lowest BCUT2D eigenvalue weighted by molar-refractivity contribution is -0.122. The number of carbonyl (C=O) groups excluding carboxylic acids is 1. The highest BCUT2D eigenvalue weighted by Gasteiger charge is 2.28. The van der Waals surface area contributed by atoms with E-state index in [0.29, 0.717) is 49.2 Å². The molecule has 0 spiro atoms. The molecule has 0 saturated heterocycles. The number of aromatic nitrogens is 3. The van der Waals surface area contributed by atoms with E-state index in [1.54, 1.807) is 31.6 Å². The fourth-order valence-corrected chi connectivity index (χ4v) is 4.74. The van der Waals surface area contributed by atoms with E-state index in [0.717, 1.165) is 22.4 Å². The van der Waals surface area contributed by atoms with Crippen molar-refractivity contribution in [2.75, 3.05) is 20.1 Å². The summed E-state index contributed by atoms with van der Waals surface area (Å²) in [6, 6.07) is 17.0. The van der Waals surface area contributed by atoms with Crippen molar-refractivity contribution in [3.8, 4) is 28.1 Å². The molecule has 7 nitrogen and oxygen atoms in total. The van der Waals surface area contributed by atoms with Crippen molar-refractivity contribution in [1.82, 2.24) is 25.0 Å². The topological polar surface area (TPSA) is 72.3 Å². The van der Waals surface area contributed by atoms with E-state index in [-0.39, 0.29) is 18.3 Å². The predicted octanol–water partition coefficient (Wildman–Crippen LogP) is 5.02. The number of amides is 1. The van der Waals surface area contributed by atoms with E-state index in [1.807, 2.05) is 28.9 Å². The van der Waals surface area contributed by atoms with Gasteiger partial charge in [0.15, 0.2) is 0 Å². The lowest BCUT2D eigenvalue weighted by Gasteiger charge is -2.27. The Hall–Kier alpha value is -4.04. The van der Waals surface area contributed by atoms with Crippen molar-refractivity contribution in [3.05, 3.63) is 89.6 Å². The normalized spacial score (nSPS) is 13.4. The number of nitrogens with one attached hydrogen (secondary N) is 1. The maximum absolute atomic E-state index is 15.7. The minimum absolute atomic E-state index is 0.0552. The Morgan fingerprint density at radius 2 is 1.84 bits per heavy atom. The Labute approximate surface area is 222 Å². The molecule has 38 heavy (non-hydrogen) atoms. The summed E-state index contributed by atoms with van der Waals surface area (Å²) in [6.45, 7) is 6.75. The van der Waals surface area contributed by atoms with Crippen molar-refractivity contribution >= 4 is 5.91 Å². The van der Waals surface area contributed by atoms with Crippen LogP contribution < -0.4 is 10.1 Å². The Morgan fingerprint density at radius 1 is 1.08 bits per heavy atom. The quantitative estimate of drug-likeness (QED) is 0.358. The molecule has 1 aliphatic heterocycles. The van der Waals surface area contributed by atoms with Gasteiger partial charge in [0.05, 0.1) is 18.8 Å². The van der Waals surface area contributed by atoms with Crippen LogP contribution in [0.5, 0.6) is 5.75 Å². The smallest absolute Gasteiger partial charge is 0.233 e. The van der Waals surface area contributed by atoms with Crippen LogP contribution in [0.1, 0.15) is 36.6 Å². The first-order valence-electron chi connectivity index (χ1n) is 12.9. The van der Waals surface area contributed by atoms with Gasteiger partial charge < -0.3 is 10.1 Å². The number of likely N-dealkylation sites (N-methyl/N-ethyl adjacent to an activating group) is 1. The third kappa shape index (κ3) is 5.45. The number of ether oxygens (including phenoxy) is 1. The molecule has 3 heterocycles. The van der Waals surface area contributed by atoms with Crippen molar-refractivity contribution < 1.29 is 13.9 Å². The average Bonchev–Trinajstić information content (AvgIpc) is 3.31. The van der Waals surface area contributed by atoms with E-state index in [9.17, 15) is 4.79 Å². The highest BCUT2D eigenvalue weighted by molar-refractivity contribution is 5.83. The molecule has 0 fully saturated rings. The maximum atomic E-state index is 15.7. The van der Waals surface area contributed by atoms with Crippen LogP contribution in [0.2, 0.25) is 0 Å². The van der Waals surface area contributed by atoms with Crippen molar-refractivity contribution in [2.45, 2.75) is 39.5 Å². The van der Waals surface area contributed by atoms with E-state index in [4.69, 9.17) is 9.84 Å². The van der Waals surface area contributed by atoms with E-state index in [1.165, 1.54) is 11.6 Å². The van der Waals surface area contributed by atoms with E-state index in [2.05, 4.69) is 41.2 Å². The maximum Gasteiger partial charge on any atom is 0.233 e. The Kier molecular flexibility index (Phi) is 7.51. The number of hydrogen-bond donors (Lipinski definition) is 1. The van der Waals surface area contributed by atoms with Gasteiger partial charge in [0, 0.05) is 55.3 Å². The second-order valence-corrected chi connectivity index (χ2v) is 9.84. The second-order valence-electron chi connectivity index (χ2n) is 9.84. The zero-order valence-electron chi connectivity index (χ0n) is 21.9. The summed E-state index contributed by atoms with van der Waals surface area (Å²) < 4.78 is 23.6. The van der Waals surface area contributed by atoms with Crippen LogP contribution in [0.4, 0.5) is 4.39 Å². The van der Waals surface area contributed by atoms with Gasteiger partial charge in [0.1, 0.15) is 23.9 Å². The first-order chi connectivity index (χ1) is 18.4. The summed E-state index contributed by atoms with van der Waals surface area (Å²) in [5.41, 5.74) is 5.92. The van der Waals surface area contributed by atoms with Gasteiger partial charge in [0.25, 0.3) is 0 Å². The highest BCUT2D eigenvalue weighted by atomic mass is 19.1. The van der Waals surface area contributed by atoms with Gasteiger partial charge in [-0.2, -0.15) is 5.10 Å². The van der Waals surface area contributed by atoms with Crippen molar-refractivity contribution in [3.63, 3.8) is 0 Å². The number of nitrogens with zero attached hydrogens (tertiary/aromatic N) is 4. The standard InChI is InChI=1S/C30H32FN5O2/c1-20(2)22-6-4-21(5-7-22)19-38-24-8-9-25(26(31)16-24)29-27-17-35(18-28(37)32-3)14-15-36(27)34-30(29)23-10-12-33-13-11-23/h4-13,16,20H,14-15,17-19H2,1-3H3,(H,32,37). The summed E-state index contributed by atoms with van der Waals surface area (Å²) in [6.07, 6.45) is 3.41. The lowest BCUT2D eigenvalue weighted by Crippen LogP contribution is -2.40. The number of benzene rings is 2. The number of fused-ring (bicyclic) bond motifs is 1. The summed E-state index contributed by atoms with van der Waals surface area (Å²) in [7, 11) is 1.63. The average molecular weight is 514 g/mol. The van der Waals surface area contributed by atoms with Crippen molar-refractivity contribution in [2.24, 2.45) is 0 Å². The lowest BCUT2D eigenvalue weighted by atomic mass is 9.98. The minimum atomic E-state index is -0.382. The first kappa shape index (κ1) is 25.6. The van der Waals surface area contributed by atoms with Crippen LogP contribution in [0.25, 0.3) is 22.4 Å². The molecule has 5 rings (SSSR count). The van der Waals surface area contributed by atoms with Gasteiger partial charge in [-0.3, -0.25) is 19.4 Å². The molecule has 0 radical (unpaired) electrons. The number of hydrogen-bond acceptors (Lipinski definition) is 5. The third-order valence-corrected chi connectivity index (χ3v) is 6.92. The molecule has 1 N–H and O–H groups in total. The molecular weight excluding hydrogens is 481 g/mol. The Morgan fingerprint density at radius 3 is 2.53 bits per heavy atom. The molecule has 4 aromatic rings. The summed E-state index contributed by atoms with van der Waals surface area (Å²) in [4.78, 5) is 18.2. The van der Waals surface area contributed by atoms with Gasteiger partial charge in [-0.1, -0.05) is 38.1 Å². The fourth-order valence-electron chi connectivity index (χ4n) is 4.74. The van der Waals surface area contributed by atoms with Crippen LogP contribution in [0.15, 0.2) is 67.0 Å². The molecule has 2 aromatic heterocycles. The largest absolute Gasteiger partial charge is 0.489 e. The zero-order valence-corrected chi connectivity index (χ0v) is 21.9. The van der Waals surface area contributed by atoms with Gasteiger partial charge in [-0.15, -0.1) is 0 Å². The molecule has 0 bridgehead atoms. The molecule has 1 aliphatic rings. The summed E-state index contributed by atoms with van der Waals surface area (Å²) in [5.74, 6) is 0.494. The molecule has 0 aliphatic carbocycles. The summed E-state index contributed by atoms with van der Waals surface area (Å²) in [5, 5.41) is 7.53. The van der Waals surface area contributed by atoms with Gasteiger partial charge in [-0.25, -0.2) is 4.39 Å². The molecule has 1 amide bonds. The number of pyridine rings is 1. The molecule has 8 heteroatoms. The fraction of sp³-hybridized carbons (Fsp3) is 0.300. The molecule has 0 saturated carbocycles. The van der Waals surface area contributed by atoms with E-state index >= 15 is 4.39 Å². The first-order valence-corrected chi connectivity index (χ1v) is 12.9. The van der Waals surface area contributed by atoms with Crippen LogP contribution in [-0.4, -0.2) is 45.7 Å². The van der Waals surface area contributed by atoms with Gasteiger partial charge >= 0.3 is 0 Å². The molecule has 0 atom stereocenters. The Bertz CT molecular complexity index is 1420. The zero-order chi connectivity index (χ0) is 26.6. The molecule has 196 valence electrons. The number of carbonyl (C=O) groups is 1. The van der Waals surface area contributed by atoms with Crippen LogP contribution in [-0.2, 0) is 24.5 Å². The predicted molar refractivity (Wildman–Crippen MR) is 145 cm³/mol. The van der Waals surface area contributed by atoms with Crippen LogP contribution >= 0.6 is 0 Å². The minimum Gasteiger partial charge on any atom is -0.489 e. The van der Waals surface area contributed by atoms with E-state index < -0.39 is 0 Å². The highest BCUT2D eigenvalue weighted by Crippen LogP contribution is 2.38. The van der Waals surface area contributed by atoms with Crippen molar-refractivity contribution in [1.29, 1.82) is 0 Å². The number of halogens is 1. The van der Waals surface area contributed by atoms with Gasteiger partial charge in [-0.05, 0) is 41.3 Å². The third-order valence-electron chi connectivity index (χ3n) is 6.92.